The van der Waals surface area contributed by atoms with E-state index < -0.39 is 0 Å². The van der Waals surface area contributed by atoms with Crippen molar-refractivity contribution in [2.75, 3.05) is 18.5 Å². The minimum atomic E-state index is 0.172. The van der Waals surface area contributed by atoms with Crippen molar-refractivity contribution in [2.45, 2.75) is 26.7 Å². The maximum atomic E-state index is 8.67. The molecule has 0 bridgehead atoms. The van der Waals surface area contributed by atoms with Crippen molar-refractivity contribution in [3.8, 4) is 0 Å². The Bertz CT molecular complexity index is 331. The lowest BCUT2D eigenvalue weighted by molar-refractivity contribution is 0.292. The Kier molecular flexibility index (Phi) is 4.78. The molecule has 2 N–H and O–H groups in total. The Morgan fingerprint density at radius 1 is 1.40 bits per heavy atom. The molecule has 1 heterocycles. The molecule has 15 heavy (non-hydrogen) atoms. The van der Waals surface area contributed by atoms with Crippen LogP contribution in [0.15, 0.2) is 0 Å². The fourth-order valence-corrected chi connectivity index (χ4v) is 1.34. The SMILES string of the molecule is CCc1nc(Cl)c(C)c(NCCCO)n1. The van der Waals surface area contributed by atoms with Gasteiger partial charge in [0, 0.05) is 25.1 Å². The highest BCUT2D eigenvalue weighted by Gasteiger charge is 2.07. The van der Waals surface area contributed by atoms with Gasteiger partial charge in [-0.25, -0.2) is 9.97 Å². The fraction of sp³-hybridized carbons (Fsp3) is 0.600. The van der Waals surface area contributed by atoms with Gasteiger partial charge in [0.25, 0.3) is 0 Å². The number of hydrogen-bond donors (Lipinski definition) is 2. The Morgan fingerprint density at radius 3 is 2.73 bits per heavy atom. The van der Waals surface area contributed by atoms with E-state index in [0.717, 1.165) is 23.6 Å². The van der Waals surface area contributed by atoms with E-state index in [9.17, 15) is 0 Å². The molecule has 0 aliphatic heterocycles. The van der Waals surface area contributed by atoms with Crippen molar-refractivity contribution in [3.63, 3.8) is 0 Å². The zero-order valence-corrected chi connectivity index (χ0v) is 9.80. The minimum Gasteiger partial charge on any atom is -0.396 e. The molecule has 1 aromatic rings. The van der Waals surface area contributed by atoms with E-state index >= 15 is 0 Å². The molecule has 84 valence electrons. The average Bonchev–Trinajstić information content (AvgIpc) is 2.24. The first-order valence-corrected chi connectivity index (χ1v) is 5.44. The Morgan fingerprint density at radius 2 is 2.13 bits per heavy atom. The number of anilines is 1. The van der Waals surface area contributed by atoms with E-state index in [2.05, 4.69) is 15.3 Å². The average molecular weight is 230 g/mol. The van der Waals surface area contributed by atoms with Gasteiger partial charge in [-0.3, -0.25) is 0 Å². The third-order valence-electron chi connectivity index (χ3n) is 2.08. The molecule has 0 fully saturated rings. The van der Waals surface area contributed by atoms with Crippen LogP contribution in [-0.2, 0) is 6.42 Å². The summed E-state index contributed by atoms with van der Waals surface area (Å²) in [5, 5.41) is 12.3. The first-order chi connectivity index (χ1) is 7.19. The van der Waals surface area contributed by atoms with Crippen LogP contribution < -0.4 is 5.32 Å². The molecule has 0 spiro atoms. The second-order valence-corrected chi connectivity index (χ2v) is 3.62. The number of hydrogen-bond acceptors (Lipinski definition) is 4. The molecular formula is C10H16ClN3O. The number of aliphatic hydroxyl groups is 1. The van der Waals surface area contributed by atoms with Crippen LogP contribution in [0, 0.1) is 6.92 Å². The third kappa shape index (κ3) is 3.32. The van der Waals surface area contributed by atoms with Gasteiger partial charge < -0.3 is 10.4 Å². The summed E-state index contributed by atoms with van der Waals surface area (Å²) in [7, 11) is 0. The lowest BCUT2D eigenvalue weighted by Gasteiger charge is -2.10. The summed E-state index contributed by atoms with van der Waals surface area (Å²) in [4.78, 5) is 8.48. The van der Waals surface area contributed by atoms with Crippen LogP contribution in [0.1, 0.15) is 24.7 Å². The topological polar surface area (TPSA) is 58.0 Å². The van der Waals surface area contributed by atoms with E-state index in [0.29, 0.717) is 18.1 Å². The summed E-state index contributed by atoms with van der Waals surface area (Å²) in [6, 6.07) is 0. The van der Waals surface area contributed by atoms with Crippen molar-refractivity contribution in [3.05, 3.63) is 16.5 Å². The molecule has 4 nitrogen and oxygen atoms in total. The number of aromatic nitrogens is 2. The van der Waals surface area contributed by atoms with Crippen molar-refractivity contribution in [2.24, 2.45) is 0 Å². The van der Waals surface area contributed by atoms with Gasteiger partial charge in [0.05, 0.1) is 0 Å². The molecule has 0 aromatic carbocycles. The van der Waals surface area contributed by atoms with Gasteiger partial charge in [0.15, 0.2) is 0 Å². The van der Waals surface area contributed by atoms with Crippen molar-refractivity contribution >= 4 is 17.4 Å². The van der Waals surface area contributed by atoms with E-state index in [1.54, 1.807) is 0 Å². The van der Waals surface area contributed by atoms with Crippen molar-refractivity contribution in [1.82, 2.24) is 9.97 Å². The standard InChI is InChI=1S/C10H16ClN3O/c1-3-8-13-9(11)7(2)10(14-8)12-5-4-6-15/h15H,3-6H2,1-2H3,(H,12,13,14). The summed E-state index contributed by atoms with van der Waals surface area (Å²) in [5.41, 5.74) is 0.854. The van der Waals surface area contributed by atoms with E-state index in [4.69, 9.17) is 16.7 Å². The lowest BCUT2D eigenvalue weighted by Crippen LogP contribution is -2.09. The summed E-state index contributed by atoms with van der Waals surface area (Å²) < 4.78 is 0. The summed E-state index contributed by atoms with van der Waals surface area (Å²) in [5.74, 6) is 1.50. The number of rotatable bonds is 5. The van der Waals surface area contributed by atoms with Gasteiger partial charge in [-0.1, -0.05) is 18.5 Å². The number of aliphatic hydroxyl groups excluding tert-OH is 1. The lowest BCUT2D eigenvalue weighted by atomic mass is 10.3. The third-order valence-corrected chi connectivity index (χ3v) is 2.44. The minimum absolute atomic E-state index is 0.172. The Hall–Kier alpha value is -0.870. The molecule has 0 aliphatic rings. The summed E-state index contributed by atoms with van der Waals surface area (Å²) in [6.07, 6.45) is 1.46. The summed E-state index contributed by atoms with van der Waals surface area (Å²) in [6.45, 7) is 4.72. The molecule has 1 aromatic heterocycles. The maximum absolute atomic E-state index is 8.67. The molecule has 5 heteroatoms. The highest BCUT2D eigenvalue weighted by molar-refractivity contribution is 6.30. The van der Waals surface area contributed by atoms with E-state index in [1.807, 2.05) is 13.8 Å². The Balaban J connectivity index is 2.80. The van der Waals surface area contributed by atoms with Gasteiger partial charge >= 0.3 is 0 Å². The highest BCUT2D eigenvalue weighted by Crippen LogP contribution is 2.19. The second kappa shape index (κ2) is 5.88. The van der Waals surface area contributed by atoms with Crippen LogP contribution >= 0.6 is 11.6 Å². The zero-order chi connectivity index (χ0) is 11.3. The van der Waals surface area contributed by atoms with E-state index in [-0.39, 0.29) is 6.61 Å². The van der Waals surface area contributed by atoms with Gasteiger partial charge in [-0.15, -0.1) is 0 Å². The quantitative estimate of drug-likeness (QED) is 0.597. The fourth-order valence-electron chi connectivity index (χ4n) is 1.15. The maximum Gasteiger partial charge on any atom is 0.137 e. The normalized spacial score (nSPS) is 10.4. The van der Waals surface area contributed by atoms with Crippen LogP contribution in [-0.4, -0.2) is 28.2 Å². The van der Waals surface area contributed by atoms with Gasteiger partial charge in [-0.2, -0.15) is 0 Å². The molecule has 0 amide bonds. The van der Waals surface area contributed by atoms with Crippen LogP contribution in [0.25, 0.3) is 0 Å². The molecule has 0 unspecified atom stereocenters. The number of halogens is 1. The largest absolute Gasteiger partial charge is 0.396 e. The first-order valence-electron chi connectivity index (χ1n) is 5.06. The first kappa shape index (κ1) is 12.2. The molecule has 0 aliphatic carbocycles. The predicted molar refractivity (Wildman–Crippen MR) is 61.3 cm³/mol. The van der Waals surface area contributed by atoms with Gasteiger partial charge in [0.2, 0.25) is 0 Å². The number of aryl methyl sites for hydroxylation is 1. The predicted octanol–water partition coefficient (Wildman–Crippen LogP) is 1.80. The highest BCUT2D eigenvalue weighted by atomic mass is 35.5. The smallest absolute Gasteiger partial charge is 0.137 e. The molecule has 0 saturated carbocycles. The molecule has 0 atom stereocenters. The number of nitrogens with zero attached hydrogens (tertiary/aromatic N) is 2. The second-order valence-electron chi connectivity index (χ2n) is 3.26. The van der Waals surface area contributed by atoms with Crippen LogP contribution in [0.5, 0.6) is 0 Å². The van der Waals surface area contributed by atoms with Gasteiger partial charge in [-0.05, 0) is 13.3 Å². The van der Waals surface area contributed by atoms with Crippen molar-refractivity contribution in [1.29, 1.82) is 0 Å². The van der Waals surface area contributed by atoms with Crippen LogP contribution in [0.4, 0.5) is 5.82 Å². The van der Waals surface area contributed by atoms with Gasteiger partial charge in [0.1, 0.15) is 16.8 Å². The molecule has 0 saturated heterocycles. The monoisotopic (exact) mass is 229 g/mol. The molecular weight excluding hydrogens is 214 g/mol. The van der Waals surface area contributed by atoms with Crippen molar-refractivity contribution < 1.29 is 5.11 Å². The van der Waals surface area contributed by atoms with Crippen LogP contribution in [0.3, 0.4) is 0 Å². The Labute approximate surface area is 94.7 Å². The summed E-state index contributed by atoms with van der Waals surface area (Å²) >= 11 is 5.97. The molecule has 0 radical (unpaired) electrons. The number of nitrogens with one attached hydrogen (secondary N) is 1. The zero-order valence-electron chi connectivity index (χ0n) is 9.05. The molecule has 1 rings (SSSR count). The van der Waals surface area contributed by atoms with E-state index in [1.165, 1.54) is 0 Å². The van der Waals surface area contributed by atoms with Crippen LogP contribution in [0.2, 0.25) is 5.15 Å².